The van der Waals surface area contributed by atoms with Crippen molar-refractivity contribution in [3.8, 4) is 5.88 Å². The van der Waals surface area contributed by atoms with E-state index in [1.54, 1.807) is 0 Å². The van der Waals surface area contributed by atoms with Crippen LogP contribution in [0, 0.1) is 12.8 Å². The highest BCUT2D eigenvalue weighted by Crippen LogP contribution is 2.56. The van der Waals surface area contributed by atoms with Crippen LogP contribution in [0.5, 0.6) is 5.88 Å². The molecular formula is C25H27NO. The van der Waals surface area contributed by atoms with Crippen LogP contribution in [0.4, 0.5) is 0 Å². The fraction of sp³-hybridized carbons (Fsp3) is 0.400. The first-order valence-corrected chi connectivity index (χ1v) is 10.2. The topological polar surface area (TPSA) is 22.1 Å². The molecule has 0 bridgehead atoms. The van der Waals surface area contributed by atoms with Crippen LogP contribution in [0.2, 0.25) is 0 Å². The summed E-state index contributed by atoms with van der Waals surface area (Å²) in [5.41, 5.74) is 11.2. The van der Waals surface area contributed by atoms with E-state index in [2.05, 4.69) is 62.3 Å². The van der Waals surface area contributed by atoms with Crippen LogP contribution in [-0.4, -0.2) is 4.98 Å². The minimum atomic E-state index is 0.577. The van der Waals surface area contributed by atoms with E-state index in [1.807, 2.05) is 0 Å². The van der Waals surface area contributed by atoms with Crippen molar-refractivity contribution in [2.45, 2.75) is 59.0 Å². The third kappa shape index (κ3) is 2.92. The van der Waals surface area contributed by atoms with Gasteiger partial charge in [0, 0.05) is 12.3 Å². The maximum Gasteiger partial charge on any atom is 0.213 e. The average molecular weight is 357 g/mol. The highest BCUT2D eigenvalue weighted by Gasteiger charge is 2.45. The maximum absolute atomic E-state index is 6.10. The predicted octanol–water partition coefficient (Wildman–Crippen LogP) is 6.14. The number of allylic oxidation sites excluding steroid dienone is 4. The third-order valence-electron chi connectivity index (χ3n) is 6.69. The van der Waals surface area contributed by atoms with Crippen molar-refractivity contribution < 1.29 is 4.74 Å². The minimum absolute atomic E-state index is 0.577. The molecule has 0 aliphatic heterocycles. The van der Waals surface area contributed by atoms with Crippen LogP contribution < -0.4 is 4.74 Å². The zero-order valence-corrected chi connectivity index (χ0v) is 16.5. The number of ether oxygens (including phenoxy) is 1. The molecular weight excluding hydrogens is 330 g/mol. The van der Waals surface area contributed by atoms with Gasteiger partial charge in [-0.15, -0.1) is 0 Å². The Hall–Kier alpha value is -2.35. The number of rotatable bonds is 4. The van der Waals surface area contributed by atoms with Gasteiger partial charge in [-0.25, -0.2) is 4.98 Å². The first kappa shape index (κ1) is 16.8. The molecule has 1 aromatic carbocycles. The zero-order chi connectivity index (χ0) is 18.5. The van der Waals surface area contributed by atoms with Crippen molar-refractivity contribution in [1.82, 2.24) is 4.98 Å². The normalized spacial score (nSPS) is 23.0. The van der Waals surface area contributed by atoms with Gasteiger partial charge in [-0.1, -0.05) is 29.8 Å². The summed E-state index contributed by atoms with van der Waals surface area (Å²) in [5, 5.41) is 0. The summed E-state index contributed by atoms with van der Waals surface area (Å²) in [5.74, 6) is 2.45. The molecule has 0 amide bonds. The highest BCUT2D eigenvalue weighted by molar-refractivity contribution is 5.83. The lowest BCUT2D eigenvalue weighted by Gasteiger charge is -2.21. The smallest absolute Gasteiger partial charge is 0.213 e. The van der Waals surface area contributed by atoms with Gasteiger partial charge in [-0.3, -0.25) is 0 Å². The molecule has 2 nitrogen and oxygen atoms in total. The van der Waals surface area contributed by atoms with Crippen molar-refractivity contribution in [2.75, 3.05) is 0 Å². The zero-order valence-electron chi connectivity index (χ0n) is 16.5. The van der Waals surface area contributed by atoms with Crippen LogP contribution in [0.15, 0.2) is 47.7 Å². The molecule has 2 aromatic rings. The fourth-order valence-corrected chi connectivity index (χ4v) is 4.99. The van der Waals surface area contributed by atoms with Crippen LogP contribution in [0.25, 0.3) is 5.57 Å². The van der Waals surface area contributed by atoms with Crippen molar-refractivity contribution in [1.29, 1.82) is 0 Å². The van der Waals surface area contributed by atoms with Crippen molar-refractivity contribution in [2.24, 2.45) is 5.92 Å². The Labute approximate surface area is 162 Å². The Bertz CT molecular complexity index is 982. The molecule has 2 heteroatoms. The van der Waals surface area contributed by atoms with Crippen LogP contribution in [-0.2, 0) is 13.0 Å². The average Bonchev–Trinajstić information content (AvgIpc) is 3.33. The standard InChI is InChI=1S/C25H27NO/c1-15-6-4-7-16(2)25(15)21-9-5-8-18(17(21)3)14-27-24-12-20-10-19-11-22(19)23(20)13-26-24/h5-6,8-9,12-13,19,22H,4,7,10-11,14H2,1-3H3/t19-,22+/m0/s1. The first-order chi connectivity index (χ1) is 13.1. The van der Waals surface area contributed by atoms with E-state index in [0.29, 0.717) is 6.61 Å². The van der Waals surface area contributed by atoms with Gasteiger partial charge in [-0.05, 0) is 97.3 Å². The van der Waals surface area contributed by atoms with Crippen LogP contribution in [0.1, 0.15) is 66.8 Å². The van der Waals surface area contributed by atoms with E-state index in [0.717, 1.165) is 30.6 Å². The minimum Gasteiger partial charge on any atom is -0.473 e. The second kappa shape index (κ2) is 6.37. The van der Waals surface area contributed by atoms with Gasteiger partial charge in [-0.2, -0.15) is 0 Å². The van der Waals surface area contributed by atoms with E-state index in [-0.39, 0.29) is 0 Å². The Morgan fingerprint density at radius 3 is 2.93 bits per heavy atom. The molecule has 0 radical (unpaired) electrons. The molecule has 0 saturated heterocycles. The molecule has 2 atom stereocenters. The van der Waals surface area contributed by atoms with Gasteiger partial charge in [0.2, 0.25) is 5.88 Å². The van der Waals surface area contributed by atoms with E-state index < -0.39 is 0 Å². The van der Waals surface area contributed by atoms with Crippen molar-refractivity contribution in [3.63, 3.8) is 0 Å². The Morgan fingerprint density at radius 1 is 1.19 bits per heavy atom. The molecule has 5 rings (SSSR count). The van der Waals surface area contributed by atoms with Crippen molar-refractivity contribution >= 4 is 5.57 Å². The molecule has 0 N–H and O–H groups in total. The van der Waals surface area contributed by atoms with Gasteiger partial charge in [0.15, 0.2) is 0 Å². The molecule has 3 aliphatic carbocycles. The van der Waals surface area contributed by atoms with Crippen LogP contribution >= 0.6 is 0 Å². The second-order valence-electron chi connectivity index (χ2n) is 8.49. The maximum atomic E-state index is 6.10. The third-order valence-corrected chi connectivity index (χ3v) is 6.69. The molecule has 0 spiro atoms. The lowest BCUT2D eigenvalue weighted by Crippen LogP contribution is -2.04. The Kier molecular flexibility index (Phi) is 3.96. The van der Waals surface area contributed by atoms with Gasteiger partial charge in [0.25, 0.3) is 0 Å². The van der Waals surface area contributed by atoms with Crippen LogP contribution in [0.3, 0.4) is 0 Å². The quantitative estimate of drug-likeness (QED) is 0.655. The lowest BCUT2D eigenvalue weighted by atomic mass is 9.85. The summed E-state index contributed by atoms with van der Waals surface area (Å²) in [4.78, 5) is 4.57. The number of hydrogen-bond donors (Lipinski definition) is 0. The van der Waals surface area contributed by atoms with E-state index in [4.69, 9.17) is 4.74 Å². The largest absolute Gasteiger partial charge is 0.473 e. The molecule has 1 fully saturated rings. The van der Waals surface area contributed by atoms with Gasteiger partial charge >= 0.3 is 0 Å². The van der Waals surface area contributed by atoms with Crippen molar-refractivity contribution in [3.05, 3.63) is 75.5 Å². The Morgan fingerprint density at radius 2 is 2.07 bits per heavy atom. The number of nitrogens with zero attached hydrogens (tertiary/aromatic N) is 1. The molecule has 1 heterocycles. The second-order valence-corrected chi connectivity index (χ2v) is 8.49. The Balaban J connectivity index is 1.38. The van der Waals surface area contributed by atoms with E-state index in [9.17, 15) is 0 Å². The molecule has 1 aromatic heterocycles. The predicted molar refractivity (Wildman–Crippen MR) is 110 cm³/mol. The molecule has 1 saturated carbocycles. The lowest BCUT2D eigenvalue weighted by molar-refractivity contribution is 0.292. The molecule has 138 valence electrons. The van der Waals surface area contributed by atoms with Gasteiger partial charge in [0.05, 0.1) is 0 Å². The summed E-state index contributed by atoms with van der Waals surface area (Å²) in [6, 6.07) is 8.76. The molecule has 27 heavy (non-hydrogen) atoms. The van der Waals surface area contributed by atoms with E-state index >= 15 is 0 Å². The number of hydrogen-bond acceptors (Lipinski definition) is 2. The number of benzene rings is 1. The first-order valence-electron chi connectivity index (χ1n) is 10.2. The summed E-state index contributed by atoms with van der Waals surface area (Å²) in [6.45, 7) is 7.31. The summed E-state index contributed by atoms with van der Waals surface area (Å²) in [6.07, 6.45) is 9.32. The summed E-state index contributed by atoms with van der Waals surface area (Å²) in [7, 11) is 0. The number of pyridine rings is 1. The van der Waals surface area contributed by atoms with Gasteiger partial charge in [0.1, 0.15) is 6.61 Å². The monoisotopic (exact) mass is 357 g/mol. The van der Waals surface area contributed by atoms with Gasteiger partial charge < -0.3 is 4.74 Å². The fourth-order valence-electron chi connectivity index (χ4n) is 4.99. The SMILES string of the molecule is CC1=CCCC(C)=C1c1cccc(COc2cc3c(cn2)[C@@H]2C[C@@H]2C3)c1C. The number of fused-ring (bicyclic) bond motifs is 3. The van der Waals surface area contributed by atoms with E-state index in [1.165, 1.54) is 57.4 Å². The summed E-state index contributed by atoms with van der Waals surface area (Å²) < 4.78 is 6.10. The molecule has 0 unspecified atom stereocenters. The number of aromatic nitrogens is 1. The summed E-state index contributed by atoms with van der Waals surface area (Å²) >= 11 is 0. The highest BCUT2D eigenvalue weighted by atomic mass is 16.5. The molecule has 3 aliphatic rings.